The van der Waals surface area contributed by atoms with E-state index in [2.05, 4.69) is 21.2 Å². The van der Waals surface area contributed by atoms with Gasteiger partial charge in [0.1, 0.15) is 11.5 Å². The van der Waals surface area contributed by atoms with Gasteiger partial charge in [0, 0.05) is 36.1 Å². The number of aromatic nitrogens is 2. The molecule has 0 saturated carbocycles. The predicted molar refractivity (Wildman–Crippen MR) is 138 cm³/mol. The second-order valence-corrected chi connectivity index (χ2v) is 10.5. The minimum absolute atomic E-state index is 0.0109. The van der Waals surface area contributed by atoms with Crippen molar-refractivity contribution in [2.24, 2.45) is 5.92 Å². The Balaban J connectivity index is 1.38. The molecule has 0 N–H and O–H groups in total. The van der Waals surface area contributed by atoms with Crippen molar-refractivity contribution >= 4 is 11.6 Å². The smallest absolute Gasteiger partial charge is 0.247 e. The Hall–Kier alpha value is -3.60. The average molecular weight is 519 g/mol. The molecule has 1 aliphatic heterocycles. The van der Waals surface area contributed by atoms with Crippen LogP contribution in [0, 0.1) is 23.1 Å². The Labute approximate surface area is 219 Å². The van der Waals surface area contributed by atoms with E-state index in [4.69, 9.17) is 16.0 Å². The number of hydrogen-bond acceptors (Lipinski definition) is 5. The van der Waals surface area contributed by atoms with Gasteiger partial charge in [0.25, 0.3) is 0 Å². The van der Waals surface area contributed by atoms with Crippen molar-refractivity contribution in [1.29, 1.82) is 5.26 Å². The monoisotopic (exact) mass is 518 g/mol. The summed E-state index contributed by atoms with van der Waals surface area (Å²) < 4.78 is 35.0. The summed E-state index contributed by atoms with van der Waals surface area (Å²) in [4.78, 5) is 2.23. The SMILES string of the molecule is CC(C)(F)[C@H](c1cc(F)cc(C#N)c1)C1CN(Cc2cc(-c3ccc(Cl)cc3)cc(-c3nnco3)c2)C1. The molecule has 1 saturated heterocycles. The van der Waals surface area contributed by atoms with Gasteiger partial charge in [0.05, 0.1) is 11.6 Å². The molecule has 1 atom stereocenters. The number of halogens is 3. The van der Waals surface area contributed by atoms with E-state index >= 15 is 4.39 Å². The normalized spacial score (nSPS) is 15.2. The molecular formula is C29H25ClF2N4O. The third kappa shape index (κ3) is 5.56. The Bertz CT molecular complexity index is 1440. The van der Waals surface area contributed by atoms with Gasteiger partial charge in [0.15, 0.2) is 0 Å². The fourth-order valence-electron chi connectivity index (χ4n) is 5.31. The van der Waals surface area contributed by atoms with Crippen molar-refractivity contribution in [1.82, 2.24) is 15.1 Å². The first-order chi connectivity index (χ1) is 17.7. The molecule has 2 heterocycles. The molecule has 5 rings (SSSR count). The first-order valence-corrected chi connectivity index (χ1v) is 12.4. The second-order valence-electron chi connectivity index (χ2n) is 10.1. The fourth-order valence-corrected chi connectivity index (χ4v) is 5.43. The number of likely N-dealkylation sites (tertiary alicyclic amines) is 1. The summed E-state index contributed by atoms with van der Waals surface area (Å²) in [5, 5.41) is 17.8. The van der Waals surface area contributed by atoms with Gasteiger partial charge in [-0.2, -0.15) is 5.26 Å². The maximum absolute atomic E-state index is 15.4. The van der Waals surface area contributed by atoms with Crippen LogP contribution in [0.2, 0.25) is 5.02 Å². The lowest BCUT2D eigenvalue weighted by molar-refractivity contribution is 0.0212. The van der Waals surface area contributed by atoms with E-state index in [0.29, 0.717) is 36.1 Å². The highest BCUT2D eigenvalue weighted by atomic mass is 35.5. The number of benzene rings is 3. The second kappa shape index (κ2) is 10.0. The van der Waals surface area contributed by atoms with Gasteiger partial charge in [-0.1, -0.05) is 23.7 Å². The molecule has 1 aromatic heterocycles. The zero-order chi connectivity index (χ0) is 26.2. The van der Waals surface area contributed by atoms with Crippen molar-refractivity contribution in [2.75, 3.05) is 13.1 Å². The minimum atomic E-state index is -1.57. The molecule has 0 aliphatic carbocycles. The highest BCUT2D eigenvalue weighted by molar-refractivity contribution is 6.30. The first kappa shape index (κ1) is 25.1. The van der Waals surface area contributed by atoms with Crippen LogP contribution in [0.3, 0.4) is 0 Å². The molecule has 0 radical (unpaired) electrons. The van der Waals surface area contributed by atoms with Crippen molar-refractivity contribution in [3.05, 3.63) is 94.6 Å². The van der Waals surface area contributed by atoms with Crippen LogP contribution in [0.4, 0.5) is 8.78 Å². The molecule has 0 spiro atoms. The third-order valence-corrected chi connectivity index (χ3v) is 7.04. The standard InChI is InChI=1S/C29H25ClF2N4O/c1-29(2,32)27(22-7-18(13-33)10-26(31)12-22)24-15-36(16-24)14-19-8-21(20-3-5-25(30)6-4-20)11-23(9-19)28-35-34-17-37-28/h3-12,17,24,27H,14-16H2,1-2H3/t27-/m1/s1. The summed E-state index contributed by atoms with van der Waals surface area (Å²) in [5.74, 6) is -0.631. The van der Waals surface area contributed by atoms with Gasteiger partial charge in [-0.15, -0.1) is 10.2 Å². The van der Waals surface area contributed by atoms with Crippen molar-refractivity contribution in [2.45, 2.75) is 32.0 Å². The average Bonchev–Trinajstić information content (AvgIpc) is 3.37. The van der Waals surface area contributed by atoms with Crippen LogP contribution in [0.15, 0.2) is 71.5 Å². The maximum atomic E-state index is 15.4. The van der Waals surface area contributed by atoms with Gasteiger partial charge in [-0.05, 0) is 90.6 Å². The van der Waals surface area contributed by atoms with Gasteiger partial charge < -0.3 is 4.42 Å². The van der Waals surface area contributed by atoms with Crippen molar-refractivity contribution < 1.29 is 13.2 Å². The van der Waals surface area contributed by atoms with Gasteiger partial charge in [0.2, 0.25) is 12.3 Å². The molecule has 0 unspecified atom stereocenters. The summed E-state index contributed by atoms with van der Waals surface area (Å²) >= 11 is 6.08. The fraction of sp³-hybridized carbons (Fsp3) is 0.276. The van der Waals surface area contributed by atoms with Crippen LogP contribution in [-0.2, 0) is 6.54 Å². The lowest BCUT2D eigenvalue weighted by atomic mass is 9.72. The quantitative estimate of drug-likeness (QED) is 0.263. The molecule has 0 bridgehead atoms. The summed E-state index contributed by atoms with van der Waals surface area (Å²) in [6.45, 7) is 4.98. The molecule has 1 fully saturated rings. The summed E-state index contributed by atoms with van der Waals surface area (Å²) in [6, 6.07) is 19.8. The van der Waals surface area contributed by atoms with E-state index in [1.165, 1.54) is 32.4 Å². The van der Waals surface area contributed by atoms with Crippen LogP contribution >= 0.6 is 11.6 Å². The zero-order valence-electron chi connectivity index (χ0n) is 20.5. The van der Waals surface area contributed by atoms with Crippen LogP contribution in [0.25, 0.3) is 22.6 Å². The van der Waals surface area contributed by atoms with Crippen molar-refractivity contribution in [3.8, 4) is 28.7 Å². The topological polar surface area (TPSA) is 66.0 Å². The van der Waals surface area contributed by atoms with Crippen LogP contribution in [-0.4, -0.2) is 33.9 Å². The molecular weight excluding hydrogens is 494 g/mol. The van der Waals surface area contributed by atoms with Crippen LogP contribution in [0.1, 0.15) is 36.5 Å². The van der Waals surface area contributed by atoms with E-state index < -0.39 is 17.4 Å². The van der Waals surface area contributed by atoms with Crippen LogP contribution < -0.4 is 0 Å². The lowest BCUT2D eigenvalue weighted by Crippen LogP contribution is -2.52. The van der Waals surface area contributed by atoms with Gasteiger partial charge >= 0.3 is 0 Å². The third-order valence-electron chi connectivity index (χ3n) is 6.79. The van der Waals surface area contributed by atoms with Gasteiger partial charge in [-0.25, -0.2) is 8.78 Å². The lowest BCUT2D eigenvalue weighted by Gasteiger charge is -2.46. The molecule has 8 heteroatoms. The Morgan fingerprint density at radius 3 is 2.46 bits per heavy atom. The van der Waals surface area contributed by atoms with Crippen molar-refractivity contribution in [3.63, 3.8) is 0 Å². The van der Waals surface area contributed by atoms with E-state index in [-0.39, 0.29) is 11.5 Å². The molecule has 0 amide bonds. The summed E-state index contributed by atoms with van der Waals surface area (Å²) in [7, 11) is 0. The number of rotatable bonds is 7. The highest BCUT2D eigenvalue weighted by Gasteiger charge is 2.43. The van der Waals surface area contributed by atoms with E-state index in [1.54, 1.807) is 6.07 Å². The first-order valence-electron chi connectivity index (χ1n) is 12.0. The molecule has 4 aromatic rings. The maximum Gasteiger partial charge on any atom is 0.247 e. The largest absolute Gasteiger partial charge is 0.423 e. The van der Waals surface area contributed by atoms with E-state index in [1.807, 2.05) is 42.5 Å². The molecule has 188 valence electrons. The minimum Gasteiger partial charge on any atom is -0.423 e. The molecule has 5 nitrogen and oxygen atoms in total. The van der Waals surface area contributed by atoms with Gasteiger partial charge in [-0.3, -0.25) is 4.90 Å². The predicted octanol–water partition coefficient (Wildman–Crippen LogP) is 7.03. The number of alkyl halides is 1. The summed E-state index contributed by atoms with van der Waals surface area (Å²) in [5.41, 5.74) is 3.01. The zero-order valence-corrected chi connectivity index (χ0v) is 21.2. The Morgan fingerprint density at radius 2 is 1.81 bits per heavy atom. The van der Waals surface area contributed by atoms with E-state index in [0.717, 1.165) is 22.3 Å². The summed E-state index contributed by atoms with van der Waals surface area (Å²) in [6.07, 6.45) is 1.30. The Kier molecular flexibility index (Phi) is 6.80. The molecule has 1 aliphatic rings. The highest BCUT2D eigenvalue weighted by Crippen LogP contribution is 2.43. The van der Waals surface area contributed by atoms with Crippen LogP contribution in [0.5, 0.6) is 0 Å². The molecule has 37 heavy (non-hydrogen) atoms. The Morgan fingerprint density at radius 1 is 1.08 bits per heavy atom. The number of nitrogens with zero attached hydrogens (tertiary/aromatic N) is 4. The molecule has 3 aromatic carbocycles. The van der Waals surface area contributed by atoms with E-state index in [9.17, 15) is 9.65 Å². The number of hydrogen-bond donors (Lipinski definition) is 0. The number of nitriles is 1.